The number of nitrogens with one attached hydrogen (secondary N) is 1. The largest absolute Gasteiger partial charge is 0.383 e. The van der Waals surface area contributed by atoms with Crippen molar-refractivity contribution >= 4 is 11.6 Å². The molecule has 0 aliphatic carbocycles. The number of nitriles is 1. The molecule has 0 fully saturated rings. The highest BCUT2D eigenvalue weighted by atomic mass is 16.1. The molecule has 5 heteroatoms. The summed E-state index contributed by atoms with van der Waals surface area (Å²) < 4.78 is 0. The van der Waals surface area contributed by atoms with E-state index >= 15 is 0 Å². The van der Waals surface area contributed by atoms with E-state index in [0.717, 1.165) is 18.5 Å². The summed E-state index contributed by atoms with van der Waals surface area (Å²) in [4.78, 5) is 14.4. The Labute approximate surface area is 94.3 Å². The number of hydrogen-bond donors (Lipinski definition) is 2. The zero-order valence-electron chi connectivity index (χ0n) is 8.94. The second kappa shape index (κ2) is 6.40. The Balaban J connectivity index is 2.32. The monoisotopic (exact) mass is 218 g/mol. The zero-order valence-corrected chi connectivity index (χ0v) is 8.94. The number of unbranched alkanes of at least 4 members (excludes halogenated alkanes) is 1. The maximum absolute atomic E-state index is 10.5. The molecule has 0 saturated carbocycles. The Morgan fingerprint density at radius 3 is 3.06 bits per heavy atom. The van der Waals surface area contributed by atoms with Gasteiger partial charge in [-0.05, 0) is 18.9 Å². The molecule has 0 radical (unpaired) electrons. The van der Waals surface area contributed by atoms with Gasteiger partial charge >= 0.3 is 0 Å². The predicted octanol–water partition coefficient (Wildman–Crippen LogP) is 1.02. The molecule has 84 valence electrons. The van der Waals surface area contributed by atoms with Crippen molar-refractivity contribution in [3.8, 4) is 6.07 Å². The third kappa shape index (κ3) is 3.96. The van der Waals surface area contributed by atoms with E-state index in [2.05, 4.69) is 16.4 Å². The lowest BCUT2D eigenvalue weighted by atomic mass is 10.2. The van der Waals surface area contributed by atoms with E-state index in [1.165, 1.54) is 0 Å². The summed E-state index contributed by atoms with van der Waals surface area (Å²) in [5.41, 5.74) is 6.32. The minimum atomic E-state index is -0.279. The topological polar surface area (TPSA) is 91.8 Å². The minimum absolute atomic E-state index is 0.279. The number of primary amides is 1. The standard InChI is InChI=1S/C11H14N4O/c12-7-9-4-6-14-8-10(9)15-5-2-1-3-11(13)16/h4,6,8,15H,1-3,5H2,(H2,13,16). The van der Waals surface area contributed by atoms with Gasteiger partial charge in [-0.15, -0.1) is 0 Å². The molecular weight excluding hydrogens is 204 g/mol. The van der Waals surface area contributed by atoms with Crippen LogP contribution in [0.2, 0.25) is 0 Å². The minimum Gasteiger partial charge on any atom is -0.383 e. The predicted molar refractivity (Wildman–Crippen MR) is 60.5 cm³/mol. The molecule has 16 heavy (non-hydrogen) atoms. The van der Waals surface area contributed by atoms with Gasteiger partial charge in [0.1, 0.15) is 6.07 Å². The summed E-state index contributed by atoms with van der Waals surface area (Å²) in [6.07, 6.45) is 5.19. The molecule has 0 saturated heterocycles. The molecule has 0 aliphatic rings. The third-order valence-corrected chi connectivity index (χ3v) is 2.11. The normalized spacial score (nSPS) is 9.44. The molecule has 1 amide bonds. The van der Waals surface area contributed by atoms with Crippen LogP contribution in [0.15, 0.2) is 18.5 Å². The van der Waals surface area contributed by atoms with Gasteiger partial charge in [-0.3, -0.25) is 9.78 Å². The van der Waals surface area contributed by atoms with E-state index in [1.807, 2.05) is 0 Å². The number of carbonyl (C=O) groups is 1. The number of carbonyl (C=O) groups excluding carboxylic acids is 1. The Hall–Kier alpha value is -2.09. The van der Waals surface area contributed by atoms with E-state index in [-0.39, 0.29) is 5.91 Å². The lowest BCUT2D eigenvalue weighted by Gasteiger charge is -2.06. The van der Waals surface area contributed by atoms with Gasteiger partial charge in [-0.2, -0.15) is 5.26 Å². The van der Waals surface area contributed by atoms with Crippen molar-refractivity contribution in [3.63, 3.8) is 0 Å². The summed E-state index contributed by atoms with van der Waals surface area (Å²) in [6, 6.07) is 3.74. The van der Waals surface area contributed by atoms with Crippen LogP contribution in [0.5, 0.6) is 0 Å². The first-order valence-electron chi connectivity index (χ1n) is 5.10. The highest BCUT2D eigenvalue weighted by Gasteiger charge is 2.00. The molecule has 0 unspecified atom stereocenters. The van der Waals surface area contributed by atoms with E-state index in [0.29, 0.717) is 18.5 Å². The number of anilines is 1. The van der Waals surface area contributed by atoms with Crippen LogP contribution in [0.25, 0.3) is 0 Å². The van der Waals surface area contributed by atoms with Gasteiger partial charge in [0.2, 0.25) is 5.91 Å². The summed E-state index contributed by atoms with van der Waals surface area (Å²) in [6.45, 7) is 0.702. The van der Waals surface area contributed by atoms with Crippen molar-refractivity contribution < 1.29 is 4.79 Å². The van der Waals surface area contributed by atoms with Crippen LogP contribution < -0.4 is 11.1 Å². The number of amides is 1. The Morgan fingerprint density at radius 1 is 1.56 bits per heavy atom. The van der Waals surface area contributed by atoms with Crippen LogP contribution in [0.3, 0.4) is 0 Å². The maximum Gasteiger partial charge on any atom is 0.217 e. The second-order valence-corrected chi connectivity index (χ2v) is 3.38. The molecule has 0 aliphatic heterocycles. The van der Waals surface area contributed by atoms with Crippen LogP contribution >= 0.6 is 0 Å². The molecule has 3 N–H and O–H groups in total. The van der Waals surface area contributed by atoms with Gasteiger partial charge < -0.3 is 11.1 Å². The molecule has 1 aromatic rings. The molecule has 1 aromatic heterocycles. The molecule has 0 aromatic carbocycles. The smallest absolute Gasteiger partial charge is 0.217 e. The zero-order chi connectivity index (χ0) is 11.8. The van der Waals surface area contributed by atoms with Gasteiger partial charge in [0.05, 0.1) is 17.4 Å². The number of nitrogens with two attached hydrogens (primary N) is 1. The molecule has 0 atom stereocenters. The summed E-state index contributed by atoms with van der Waals surface area (Å²) >= 11 is 0. The van der Waals surface area contributed by atoms with Crippen LogP contribution in [0.1, 0.15) is 24.8 Å². The average Bonchev–Trinajstić information content (AvgIpc) is 2.29. The van der Waals surface area contributed by atoms with Crippen LogP contribution in [0, 0.1) is 11.3 Å². The van der Waals surface area contributed by atoms with Crippen LogP contribution in [-0.4, -0.2) is 17.4 Å². The fraction of sp³-hybridized carbons (Fsp3) is 0.364. The molecule has 0 bridgehead atoms. The molecular formula is C11H14N4O. The van der Waals surface area contributed by atoms with Crippen molar-refractivity contribution in [2.45, 2.75) is 19.3 Å². The summed E-state index contributed by atoms with van der Waals surface area (Å²) in [5.74, 6) is -0.279. The Kier molecular flexibility index (Phi) is 4.80. The van der Waals surface area contributed by atoms with Crippen molar-refractivity contribution in [2.75, 3.05) is 11.9 Å². The number of aromatic nitrogens is 1. The molecule has 1 rings (SSSR count). The number of pyridine rings is 1. The van der Waals surface area contributed by atoms with Gasteiger partial charge in [0.15, 0.2) is 0 Å². The number of rotatable bonds is 6. The fourth-order valence-electron chi connectivity index (χ4n) is 1.28. The van der Waals surface area contributed by atoms with Crippen LogP contribution in [-0.2, 0) is 4.79 Å². The highest BCUT2D eigenvalue weighted by Crippen LogP contribution is 2.11. The number of nitrogens with zero attached hydrogens (tertiary/aromatic N) is 2. The molecule has 5 nitrogen and oxygen atoms in total. The first kappa shape index (κ1) is 12.0. The lowest BCUT2D eigenvalue weighted by Crippen LogP contribution is -2.11. The molecule has 1 heterocycles. The third-order valence-electron chi connectivity index (χ3n) is 2.11. The number of hydrogen-bond acceptors (Lipinski definition) is 4. The summed E-state index contributed by atoms with van der Waals surface area (Å²) in [5, 5.41) is 11.9. The average molecular weight is 218 g/mol. The van der Waals surface area contributed by atoms with Crippen molar-refractivity contribution in [1.29, 1.82) is 5.26 Å². The van der Waals surface area contributed by atoms with E-state index < -0.39 is 0 Å². The van der Waals surface area contributed by atoms with Crippen molar-refractivity contribution in [1.82, 2.24) is 4.98 Å². The van der Waals surface area contributed by atoms with E-state index in [1.54, 1.807) is 18.5 Å². The van der Waals surface area contributed by atoms with Crippen molar-refractivity contribution in [2.24, 2.45) is 5.73 Å². The van der Waals surface area contributed by atoms with Crippen LogP contribution in [0.4, 0.5) is 5.69 Å². The van der Waals surface area contributed by atoms with Gasteiger partial charge in [0.25, 0.3) is 0 Å². The molecule has 0 spiro atoms. The first-order valence-corrected chi connectivity index (χ1v) is 5.10. The highest BCUT2D eigenvalue weighted by molar-refractivity contribution is 5.73. The first-order chi connectivity index (χ1) is 7.74. The van der Waals surface area contributed by atoms with E-state index in [4.69, 9.17) is 11.0 Å². The van der Waals surface area contributed by atoms with E-state index in [9.17, 15) is 4.79 Å². The van der Waals surface area contributed by atoms with Gasteiger partial charge in [0, 0.05) is 19.2 Å². The fourth-order valence-corrected chi connectivity index (χ4v) is 1.28. The second-order valence-electron chi connectivity index (χ2n) is 3.38. The Morgan fingerprint density at radius 2 is 2.38 bits per heavy atom. The SMILES string of the molecule is N#Cc1ccncc1NCCCCC(N)=O. The maximum atomic E-state index is 10.5. The summed E-state index contributed by atoms with van der Waals surface area (Å²) in [7, 11) is 0. The lowest BCUT2D eigenvalue weighted by molar-refractivity contribution is -0.118. The Bertz CT molecular complexity index is 397. The quantitative estimate of drug-likeness (QED) is 0.697. The van der Waals surface area contributed by atoms with Gasteiger partial charge in [-0.25, -0.2) is 0 Å². The van der Waals surface area contributed by atoms with Gasteiger partial charge in [-0.1, -0.05) is 0 Å². The van der Waals surface area contributed by atoms with Crippen molar-refractivity contribution in [3.05, 3.63) is 24.0 Å².